The predicted octanol–water partition coefficient (Wildman–Crippen LogP) is -1.29. The van der Waals surface area contributed by atoms with Crippen molar-refractivity contribution in [1.29, 1.82) is 0 Å². The van der Waals surface area contributed by atoms with Crippen LogP contribution in [0.2, 0.25) is 0 Å². The van der Waals surface area contributed by atoms with Gasteiger partial charge < -0.3 is 4.55 Å². The molecule has 0 saturated heterocycles. The standard InChI is InChI=1S/C6H12F2O3S.Na/c1-2-3-4-5-6(7,8)12(9,10)11;/h2-5H2,1H3,(H,9,10,11);/q;+1/p-1. The van der Waals surface area contributed by atoms with Crippen LogP contribution in [0.3, 0.4) is 0 Å². The van der Waals surface area contributed by atoms with Gasteiger partial charge in [-0.25, -0.2) is 8.42 Å². The summed E-state index contributed by atoms with van der Waals surface area (Å²) in [4.78, 5) is 0. The average molecular weight is 224 g/mol. The van der Waals surface area contributed by atoms with Crippen LogP contribution in [0, 0.1) is 0 Å². The van der Waals surface area contributed by atoms with Crippen molar-refractivity contribution in [2.75, 3.05) is 0 Å². The largest absolute Gasteiger partial charge is 1.00 e. The van der Waals surface area contributed by atoms with Crippen LogP contribution in [-0.4, -0.2) is 18.2 Å². The molecule has 0 saturated carbocycles. The minimum absolute atomic E-state index is 0. The fourth-order valence-electron chi connectivity index (χ4n) is 0.706. The van der Waals surface area contributed by atoms with Gasteiger partial charge in [-0.15, -0.1) is 0 Å². The predicted molar refractivity (Wildman–Crippen MR) is 38.8 cm³/mol. The third kappa shape index (κ3) is 5.96. The summed E-state index contributed by atoms with van der Waals surface area (Å²) in [5, 5.41) is -4.10. The number of alkyl halides is 2. The fourth-order valence-corrected chi connectivity index (χ4v) is 1.10. The molecule has 0 radical (unpaired) electrons. The van der Waals surface area contributed by atoms with Crippen molar-refractivity contribution < 1.29 is 51.3 Å². The molecule has 0 spiro atoms. The van der Waals surface area contributed by atoms with E-state index in [-0.39, 0.29) is 36.0 Å². The molecule has 0 fully saturated rings. The maximum atomic E-state index is 12.4. The van der Waals surface area contributed by atoms with E-state index in [1.54, 1.807) is 6.92 Å². The Bertz CT molecular complexity index is 228. The fraction of sp³-hybridized carbons (Fsp3) is 1.00. The Labute approximate surface area is 98.9 Å². The molecule has 0 atom stereocenters. The summed E-state index contributed by atoms with van der Waals surface area (Å²) in [6, 6.07) is 0. The summed E-state index contributed by atoms with van der Waals surface area (Å²) in [6.07, 6.45) is 0.401. The second-order valence-corrected chi connectivity index (χ2v) is 4.05. The van der Waals surface area contributed by atoms with Crippen molar-refractivity contribution in [2.45, 2.75) is 37.9 Å². The zero-order valence-corrected chi connectivity index (χ0v) is 10.5. The molecule has 13 heavy (non-hydrogen) atoms. The van der Waals surface area contributed by atoms with E-state index in [1.165, 1.54) is 0 Å². The first-order valence-electron chi connectivity index (χ1n) is 3.64. The summed E-state index contributed by atoms with van der Waals surface area (Å²) < 4.78 is 54.5. The van der Waals surface area contributed by atoms with Crippen molar-refractivity contribution in [2.24, 2.45) is 0 Å². The second-order valence-electron chi connectivity index (χ2n) is 2.55. The first-order chi connectivity index (χ1) is 5.31. The van der Waals surface area contributed by atoms with Crippen LogP contribution in [0.15, 0.2) is 0 Å². The molecule has 0 bridgehead atoms. The van der Waals surface area contributed by atoms with Gasteiger partial charge in [0.25, 0.3) is 0 Å². The molecule has 0 N–H and O–H groups in total. The van der Waals surface area contributed by atoms with Crippen LogP contribution in [-0.2, 0) is 10.1 Å². The molecule has 0 rings (SSSR count). The number of rotatable bonds is 5. The van der Waals surface area contributed by atoms with Gasteiger partial charge in [0, 0.05) is 6.42 Å². The molecule has 0 aliphatic rings. The summed E-state index contributed by atoms with van der Waals surface area (Å²) >= 11 is 0. The topological polar surface area (TPSA) is 57.2 Å². The van der Waals surface area contributed by atoms with Crippen molar-refractivity contribution in [3.05, 3.63) is 0 Å². The van der Waals surface area contributed by atoms with Crippen LogP contribution >= 0.6 is 0 Å². The zero-order chi connectivity index (χ0) is 9.83. The van der Waals surface area contributed by atoms with Crippen LogP contribution in [0.1, 0.15) is 32.6 Å². The Balaban J connectivity index is 0. The molecule has 7 heteroatoms. The monoisotopic (exact) mass is 224 g/mol. The maximum absolute atomic E-state index is 12.4. The zero-order valence-electron chi connectivity index (χ0n) is 7.72. The molecule has 0 unspecified atom stereocenters. The van der Waals surface area contributed by atoms with Crippen molar-refractivity contribution in [3.63, 3.8) is 0 Å². The third-order valence-electron chi connectivity index (χ3n) is 1.44. The van der Waals surface area contributed by atoms with Crippen LogP contribution < -0.4 is 29.6 Å². The third-order valence-corrected chi connectivity index (χ3v) is 2.37. The average Bonchev–Trinajstić information content (AvgIpc) is 1.85. The molecule has 0 aliphatic carbocycles. The van der Waals surface area contributed by atoms with Gasteiger partial charge in [-0.3, -0.25) is 0 Å². The summed E-state index contributed by atoms with van der Waals surface area (Å²) in [5.41, 5.74) is 0. The Hall–Kier alpha value is 0.770. The summed E-state index contributed by atoms with van der Waals surface area (Å²) in [5.74, 6) is 0. The quantitative estimate of drug-likeness (QED) is 0.331. The SMILES string of the molecule is CCCCCC(F)(F)S(=O)(=O)[O-].[Na+]. The molecule has 74 valence electrons. The van der Waals surface area contributed by atoms with Gasteiger partial charge >= 0.3 is 34.8 Å². The van der Waals surface area contributed by atoms with Gasteiger partial charge in [0.15, 0.2) is 10.1 Å². The maximum Gasteiger partial charge on any atom is 1.00 e. The summed E-state index contributed by atoms with van der Waals surface area (Å²) in [6.45, 7) is 1.80. The van der Waals surface area contributed by atoms with E-state index in [1.807, 2.05) is 0 Å². The normalized spacial score (nSPS) is 12.3. The van der Waals surface area contributed by atoms with Gasteiger partial charge in [0.2, 0.25) is 0 Å². The Morgan fingerprint density at radius 1 is 1.31 bits per heavy atom. The van der Waals surface area contributed by atoms with Gasteiger partial charge in [0.1, 0.15) is 0 Å². The number of halogens is 2. The van der Waals surface area contributed by atoms with E-state index in [0.29, 0.717) is 12.8 Å². The van der Waals surface area contributed by atoms with Crippen LogP contribution in [0.5, 0.6) is 0 Å². The van der Waals surface area contributed by atoms with E-state index in [9.17, 15) is 21.8 Å². The number of hydrogen-bond donors (Lipinski definition) is 0. The van der Waals surface area contributed by atoms with Crippen molar-refractivity contribution in [1.82, 2.24) is 0 Å². The van der Waals surface area contributed by atoms with Gasteiger partial charge in [-0.05, 0) is 6.42 Å². The summed E-state index contributed by atoms with van der Waals surface area (Å²) in [7, 11) is -5.47. The van der Waals surface area contributed by atoms with Gasteiger partial charge in [-0.1, -0.05) is 19.8 Å². The molecule has 0 aromatic carbocycles. The van der Waals surface area contributed by atoms with Gasteiger partial charge in [0.05, 0.1) is 0 Å². The Morgan fingerprint density at radius 2 is 1.77 bits per heavy atom. The van der Waals surface area contributed by atoms with E-state index in [4.69, 9.17) is 0 Å². The van der Waals surface area contributed by atoms with Crippen LogP contribution in [0.4, 0.5) is 8.78 Å². The smallest absolute Gasteiger partial charge is 0.743 e. The van der Waals surface area contributed by atoms with E-state index >= 15 is 0 Å². The van der Waals surface area contributed by atoms with Gasteiger partial charge in [-0.2, -0.15) is 8.78 Å². The Kier molecular flexibility index (Phi) is 7.84. The molecule has 0 aromatic heterocycles. The van der Waals surface area contributed by atoms with E-state index < -0.39 is 21.8 Å². The van der Waals surface area contributed by atoms with Crippen molar-refractivity contribution >= 4 is 10.1 Å². The molecule has 0 aromatic rings. The second kappa shape index (κ2) is 6.29. The first kappa shape index (κ1) is 16.2. The number of hydrogen-bond acceptors (Lipinski definition) is 3. The van der Waals surface area contributed by atoms with E-state index in [2.05, 4.69) is 0 Å². The number of unbranched alkanes of at least 4 members (excludes halogenated alkanes) is 2. The van der Waals surface area contributed by atoms with E-state index in [0.717, 1.165) is 0 Å². The molecule has 0 amide bonds. The molecule has 0 aliphatic heterocycles. The first-order valence-corrected chi connectivity index (χ1v) is 5.05. The molecule has 3 nitrogen and oxygen atoms in total. The molecule has 0 heterocycles. The minimum Gasteiger partial charge on any atom is -0.743 e. The molecular weight excluding hydrogens is 213 g/mol. The molecular formula is C6H11F2NaO3S. The van der Waals surface area contributed by atoms with Crippen LogP contribution in [0.25, 0.3) is 0 Å². The minimum atomic E-state index is -5.47. The Morgan fingerprint density at radius 3 is 2.08 bits per heavy atom. The van der Waals surface area contributed by atoms with Crippen molar-refractivity contribution in [3.8, 4) is 0 Å².